The smallest absolute Gasteiger partial charge is 0.249 e. The van der Waals surface area contributed by atoms with Gasteiger partial charge in [0.2, 0.25) is 11.0 Å². The van der Waals surface area contributed by atoms with Crippen LogP contribution < -0.4 is 10.2 Å². The zero-order valence-electron chi connectivity index (χ0n) is 12.8. The summed E-state index contributed by atoms with van der Waals surface area (Å²) < 4.78 is 3.87. The summed E-state index contributed by atoms with van der Waals surface area (Å²) in [6.45, 7) is 7.42. The van der Waals surface area contributed by atoms with E-state index in [2.05, 4.69) is 43.7 Å². The van der Waals surface area contributed by atoms with Crippen LogP contribution in [0.4, 0.5) is 22.2 Å². The van der Waals surface area contributed by atoms with Crippen molar-refractivity contribution in [2.45, 2.75) is 20.8 Å². The second-order valence-corrected chi connectivity index (χ2v) is 5.24. The summed E-state index contributed by atoms with van der Waals surface area (Å²) in [5.74, 6) is -0.149. The molecule has 116 valence electrons. The van der Waals surface area contributed by atoms with Crippen molar-refractivity contribution in [3.05, 3.63) is 24.5 Å². The number of azo groups is 1. The second-order valence-electron chi connectivity index (χ2n) is 4.48. The van der Waals surface area contributed by atoms with E-state index in [0.29, 0.717) is 16.5 Å². The van der Waals surface area contributed by atoms with E-state index in [1.54, 1.807) is 0 Å². The number of anilines is 2. The van der Waals surface area contributed by atoms with Gasteiger partial charge >= 0.3 is 0 Å². The highest BCUT2D eigenvalue weighted by Crippen LogP contribution is 2.31. The highest BCUT2D eigenvalue weighted by molar-refractivity contribution is 7.09. The Hall–Kier alpha value is -2.35. The van der Waals surface area contributed by atoms with Crippen LogP contribution in [-0.4, -0.2) is 28.4 Å². The lowest BCUT2D eigenvalue weighted by molar-refractivity contribution is -0.114. The maximum Gasteiger partial charge on any atom is 0.249 e. The standard InChI is InChI=1S/C14H18N6OS/c1-4-20(5-2)11-6-7-12(13(8-11)17-10(3)21)18-19-14-15-9-16-22-14/h6-9H,4-5H2,1-3H3,(H,17,21). The molecule has 1 aromatic heterocycles. The molecule has 0 aliphatic carbocycles. The van der Waals surface area contributed by atoms with Crippen LogP contribution in [0.3, 0.4) is 0 Å². The Morgan fingerprint density at radius 3 is 2.68 bits per heavy atom. The lowest BCUT2D eigenvalue weighted by Crippen LogP contribution is -2.21. The molecule has 0 fully saturated rings. The van der Waals surface area contributed by atoms with Gasteiger partial charge in [-0.1, -0.05) is 0 Å². The van der Waals surface area contributed by atoms with Crippen molar-refractivity contribution in [1.29, 1.82) is 0 Å². The first-order chi connectivity index (χ1) is 10.6. The molecule has 7 nitrogen and oxygen atoms in total. The molecule has 2 aromatic rings. The van der Waals surface area contributed by atoms with E-state index in [4.69, 9.17) is 0 Å². The van der Waals surface area contributed by atoms with Crippen LogP contribution in [0.1, 0.15) is 20.8 Å². The lowest BCUT2D eigenvalue weighted by Gasteiger charge is -2.22. The van der Waals surface area contributed by atoms with Crippen molar-refractivity contribution < 1.29 is 4.79 Å². The molecule has 0 unspecified atom stereocenters. The molecule has 2 rings (SSSR count). The predicted octanol–water partition coefficient (Wildman–Crippen LogP) is 3.76. The molecule has 1 amide bonds. The van der Waals surface area contributed by atoms with E-state index < -0.39 is 0 Å². The van der Waals surface area contributed by atoms with Crippen LogP contribution in [0, 0.1) is 0 Å². The Labute approximate surface area is 133 Å². The van der Waals surface area contributed by atoms with Crippen LogP contribution >= 0.6 is 11.5 Å². The minimum absolute atomic E-state index is 0.149. The Kier molecular flexibility index (Phi) is 5.54. The minimum atomic E-state index is -0.149. The molecule has 0 aliphatic rings. The zero-order chi connectivity index (χ0) is 15.9. The molecule has 0 saturated carbocycles. The first kappa shape index (κ1) is 16.0. The summed E-state index contributed by atoms with van der Waals surface area (Å²) in [4.78, 5) is 17.5. The Balaban J connectivity index is 2.33. The third-order valence-electron chi connectivity index (χ3n) is 3.01. The number of aromatic nitrogens is 2. The minimum Gasteiger partial charge on any atom is -0.372 e. The van der Waals surface area contributed by atoms with Gasteiger partial charge in [-0.3, -0.25) is 4.79 Å². The topological polar surface area (TPSA) is 82.8 Å². The van der Waals surface area contributed by atoms with Crippen molar-refractivity contribution in [3.63, 3.8) is 0 Å². The highest BCUT2D eigenvalue weighted by atomic mass is 32.1. The summed E-state index contributed by atoms with van der Waals surface area (Å²) in [6.07, 6.45) is 1.43. The highest BCUT2D eigenvalue weighted by Gasteiger charge is 2.09. The van der Waals surface area contributed by atoms with Crippen LogP contribution in [0.25, 0.3) is 0 Å². The van der Waals surface area contributed by atoms with Crippen LogP contribution in [-0.2, 0) is 4.79 Å². The molecule has 1 aromatic carbocycles. The fourth-order valence-electron chi connectivity index (χ4n) is 1.99. The van der Waals surface area contributed by atoms with Gasteiger partial charge in [0.1, 0.15) is 12.0 Å². The van der Waals surface area contributed by atoms with Crippen molar-refractivity contribution >= 4 is 39.6 Å². The first-order valence-electron chi connectivity index (χ1n) is 6.99. The van der Waals surface area contributed by atoms with Crippen LogP contribution in [0.15, 0.2) is 34.8 Å². The number of carbonyl (C=O) groups excluding carboxylic acids is 1. The molecule has 0 atom stereocenters. The fourth-order valence-corrected chi connectivity index (χ4v) is 2.35. The second kappa shape index (κ2) is 7.60. The van der Waals surface area contributed by atoms with Crippen LogP contribution in [0.2, 0.25) is 0 Å². The number of hydrogen-bond donors (Lipinski definition) is 1. The van der Waals surface area contributed by atoms with Gasteiger partial charge in [0.05, 0.1) is 5.69 Å². The number of benzene rings is 1. The van der Waals surface area contributed by atoms with Gasteiger partial charge in [0, 0.05) is 37.2 Å². The monoisotopic (exact) mass is 318 g/mol. The lowest BCUT2D eigenvalue weighted by atomic mass is 10.2. The van der Waals surface area contributed by atoms with E-state index in [1.807, 2.05) is 18.2 Å². The van der Waals surface area contributed by atoms with E-state index in [0.717, 1.165) is 30.3 Å². The number of nitrogens with zero attached hydrogens (tertiary/aromatic N) is 5. The van der Waals surface area contributed by atoms with Gasteiger partial charge < -0.3 is 10.2 Å². The summed E-state index contributed by atoms with van der Waals surface area (Å²) in [5, 5.41) is 11.4. The average Bonchev–Trinajstić information content (AvgIpc) is 3.00. The molecule has 0 spiro atoms. The first-order valence-corrected chi connectivity index (χ1v) is 7.76. The summed E-state index contributed by atoms with van der Waals surface area (Å²) in [7, 11) is 0. The fraction of sp³-hybridized carbons (Fsp3) is 0.357. The maximum atomic E-state index is 11.4. The van der Waals surface area contributed by atoms with Gasteiger partial charge in [-0.2, -0.15) is 4.37 Å². The van der Waals surface area contributed by atoms with Gasteiger partial charge in [0.25, 0.3) is 0 Å². The molecule has 1 heterocycles. The van der Waals surface area contributed by atoms with Crippen molar-refractivity contribution in [2.24, 2.45) is 10.2 Å². The van der Waals surface area contributed by atoms with Crippen molar-refractivity contribution in [1.82, 2.24) is 9.36 Å². The van der Waals surface area contributed by atoms with E-state index >= 15 is 0 Å². The van der Waals surface area contributed by atoms with Gasteiger partial charge in [0.15, 0.2) is 0 Å². The summed E-state index contributed by atoms with van der Waals surface area (Å²) in [6, 6.07) is 5.71. The third-order valence-corrected chi connectivity index (χ3v) is 3.56. The van der Waals surface area contributed by atoms with Gasteiger partial charge in [-0.25, -0.2) is 4.98 Å². The number of hydrogen-bond acceptors (Lipinski definition) is 7. The average molecular weight is 318 g/mol. The van der Waals surface area contributed by atoms with Gasteiger partial charge in [-0.05, 0) is 32.0 Å². The predicted molar refractivity (Wildman–Crippen MR) is 88.4 cm³/mol. The Morgan fingerprint density at radius 2 is 2.09 bits per heavy atom. The maximum absolute atomic E-state index is 11.4. The number of carbonyl (C=O) groups is 1. The molecule has 8 heteroatoms. The summed E-state index contributed by atoms with van der Waals surface area (Å²) >= 11 is 1.16. The molecule has 0 saturated heterocycles. The van der Waals surface area contributed by atoms with Crippen LogP contribution in [0.5, 0.6) is 0 Å². The summed E-state index contributed by atoms with van der Waals surface area (Å²) in [5.41, 5.74) is 2.25. The molecule has 22 heavy (non-hydrogen) atoms. The van der Waals surface area contributed by atoms with E-state index in [-0.39, 0.29) is 5.91 Å². The SMILES string of the molecule is CCN(CC)c1ccc(N=Nc2ncns2)c(NC(C)=O)c1. The molecular formula is C14H18N6OS. The number of amides is 1. The molecule has 0 aliphatic heterocycles. The molecular weight excluding hydrogens is 300 g/mol. The number of rotatable bonds is 6. The largest absolute Gasteiger partial charge is 0.372 e. The van der Waals surface area contributed by atoms with Crippen molar-refractivity contribution in [2.75, 3.05) is 23.3 Å². The quantitative estimate of drug-likeness (QED) is 0.822. The molecule has 0 radical (unpaired) electrons. The zero-order valence-corrected chi connectivity index (χ0v) is 13.6. The van der Waals surface area contributed by atoms with Crippen molar-refractivity contribution in [3.8, 4) is 0 Å². The Bertz CT molecular complexity index is 651. The number of nitrogens with one attached hydrogen (secondary N) is 1. The molecule has 0 bridgehead atoms. The third kappa shape index (κ3) is 4.08. The van der Waals surface area contributed by atoms with E-state index in [1.165, 1.54) is 13.3 Å². The normalized spacial score (nSPS) is 10.9. The van der Waals surface area contributed by atoms with Gasteiger partial charge in [-0.15, -0.1) is 10.2 Å². The Morgan fingerprint density at radius 1 is 1.32 bits per heavy atom. The molecule has 1 N–H and O–H groups in total. The van der Waals surface area contributed by atoms with E-state index in [9.17, 15) is 4.79 Å².